The fraction of sp³-hybridized carbons (Fsp3) is 0.385. The lowest BCUT2D eigenvalue weighted by Gasteiger charge is -2.39. The Bertz CT molecular complexity index is 1340. The number of urea groups is 1. The molecule has 1 fully saturated rings. The van der Waals surface area contributed by atoms with Crippen LogP contribution in [0.1, 0.15) is 37.2 Å². The van der Waals surface area contributed by atoms with E-state index in [9.17, 15) is 14.4 Å². The molecule has 1 aromatic rings. The van der Waals surface area contributed by atoms with Gasteiger partial charge in [0.25, 0.3) is 11.8 Å². The second kappa shape index (κ2) is 11.8. The third-order valence-corrected chi connectivity index (χ3v) is 6.97. The largest absolute Gasteiger partial charge is 0.382 e. The van der Waals surface area contributed by atoms with E-state index in [2.05, 4.69) is 37.5 Å². The maximum atomic E-state index is 13.4. The fourth-order valence-corrected chi connectivity index (χ4v) is 4.59. The van der Waals surface area contributed by atoms with E-state index in [-0.39, 0.29) is 46.4 Å². The predicted molar refractivity (Wildman–Crippen MR) is 153 cm³/mol. The van der Waals surface area contributed by atoms with E-state index in [4.69, 9.17) is 23.1 Å². The zero-order chi connectivity index (χ0) is 29.0. The van der Waals surface area contributed by atoms with Crippen molar-refractivity contribution >= 4 is 47.0 Å². The Hall–Kier alpha value is -4.39. The standard InChI is InChI=1S/C26H33ClN10O3/c1-15(2)31-25(40)37-10-5-4-6-17(16(3)7-11-37)23(39)36-12-8-26(9-13-36)14-30-24(35-26)34-22(38)18-20(28)33-21(29)19(27)32-18/h4-7,11,15H,3,8-10,12-14H2,1-2H3,(H,31,40)(H4,28,29,33)(H2,30,34,35,38)/b5-4-,11-7-,17-6?. The van der Waals surface area contributed by atoms with Gasteiger partial charge in [-0.2, -0.15) is 0 Å². The van der Waals surface area contributed by atoms with Crippen LogP contribution in [0.2, 0.25) is 5.15 Å². The Morgan fingerprint density at radius 3 is 2.60 bits per heavy atom. The van der Waals surface area contributed by atoms with E-state index in [1.807, 2.05) is 19.9 Å². The third-order valence-electron chi connectivity index (χ3n) is 6.69. The number of guanidine groups is 1. The molecular formula is C26H33ClN10O3. The van der Waals surface area contributed by atoms with Gasteiger partial charge in [0.15, 0.2) is 28.4 Å². The highest BCUT2D eigenvalue weighted by molar-refractivity contribution is 6.31. The summed E-state index contributed by atoms with van der Waals surface area (Å²) in [4.78, 5) is 54.0. The number of carbonyl (C=O) groups excluding carboxylic acids is 3. The number of nitrogens with one attached hydrogen (secondary N) is 3. The molecule has 7 N–H and O–H groups in total. The summed E-state index contributed by atoms with van der Waals surface area (Å²) in [7, 11) is 0. The molecule has 1 spiro atoms. The molecule has 1 aromatic heterocycles. The molecule has 212 valence electrons. The van der Waals surface area contributed by atoms with Gasteiger partial charge in [0.05, 0.1) is 12.1 Å². The van der Waals surface area contributed by atoms with Crippen LogP contribution in [-0.2, 0) is 4.79 Å². The van der Waals surface area contributed by atoms with E-state index in [0.717, 1.165) is 0 Å². The maximum Gasteiger partial charge on any atom is 0.321 e. The van der Waals surface area contributed by atoms with Gasteiger partial charge in [0.2, 0.25) is 0 Å². The first-order valence-corrected chi connectivity index (χ1v) is 13.2. The number of halogens is 1. The quantitative estimate of drug-likeness (QED) is 0.361. The highest BCUT2D eigenvalue weighted by Gasteiger charge is 2.40. The molecule has 3 aliphatic heterocycles. The van der Waals surface area contributed by atoms with E-state index >= 15 is 0 Å². The van der Waals surface area contributed by atoms with E-state index in [1.165, 1.54) is 4.90 Å². The molecule has 0 aliphatic carbocycles. The van der Waals surface area contributed by atoms with Crippen molar-refractivity contribution in [1.82, 2.24) is 35.7 Å². The van der Waals surface area contributed by atoms with Crippen LogP contribution < -0.4 is 27.4 Å². The van der Waals surface area contributed by atoms with Crippen molar-refractivity contribution in [1.29, 1.82) is 0 Å². The van der Waals surface area contributed by atoms with E-state index in [0.29, 0.717) is 50.2 Å². The van der Waals surface area contributed by atoms with Crippen LogP contribution in [0.15, 0.2) is 53.2 Å². The van der Waals surface area contributed by atoms with Gasteiger partial charge in [-0.25, -0.2) is 14.8 Å². The summed E-state index contributed by atoms with van der Waals surface area (Å²) >= 11 is 5.88. The Kier molecular flexibility index (Phi) is 8.43. The lowest BCUT2D eigenvalue weighted by Crippen LogP contribution is -2.57. The summed E-state index contributed by atoms with van der Waals surface area (Å²) in [5.41, 5.74) is 11.8. The Balaban J connectivity index is 1.34. The van der Waals surface area contributed by atoms with Crippen LogP contribution in [0.3, 0.4) is 0 Å². The zero-order valence-electron chi connectivity index (χ0n) is 22.4. The number of amides is 4. The number of hydrogen-bond donors (Lipinski definition) is 5. The van der Waals surface area contributed by atoms with Crippen molar-refractivity contribution in [2.24, 2.45) is 4.99 Å². The summed E-state index contributed by atoms with van der Waals surface area (Å²) in [5, 5.41) is 8.68. The molecule has 4 heterocycles. The van der Waals surface area contributed by atoms with Crippen LogP contribution in [0, 0.1) is 0 Å². The summed E-state index contributed by atoms with van der Waals surface area (Å²) in [6.07, 6.45) is 9.85. The number of allylic oxidation sites excluding steroid dienone is 3. The minimum Gasteiger partial charge on any atom is -0.382 e. The van der Waals surface area contributed by atoms with Crippen LogP contribution in [0.4, 0.5) is 16.4 Å². The molecule has 0 aromatic carbocycles. The van der Waals surface area contributed by atoms with Crippen molar-refractivity contribution in [3.63, 3.8) is 0 Å². The second-order valence-corrected chi connectivity index (χ2v) is 10.4. The van der Waals surface area contributed by atoms with Crippen LogP contribution in [0.25, 0.3) is 0 Å². The molecule has 40 heavy (non-hydrogen) atoms. The number of aromatic nitrogens is 2. The molecule has 4 rings (SSSR count). The van der Waals surface area contributed by atoms with Crippen LogP contribution in [0.5, 0.6) is 0 Å². The van der Waals surface area contributed by atoms with Crippen molar-refractivity contribution in [3.05, 3.63) is 59.1 Å². The van der Waals surface area contributed by atoms with Crippen LogP contribution in [-0.4, -0.2) is 81.3 Å². The van der Waals surface area contributed by atoms with Crippen molar-refractivity contribution < 1.29 is 14.4 Å². The van der Waals surface area contributed by atoms with Crippen molar-refractivity contribution in [2.45, 2.75) is 38.3 Å². The average molecular weight is 569 g/mol. The molecule has 1 saturated heterocycles. The van der Waals surface area contributed by atoms with Gasteiger partial charge < -0.3 is 27.0 Å². The molecule has 13 nitrogen and oxygen atoms in total. The molecule has 0 saturated carbocycles. The predicted octanol–water partition coefficient (Wildman–Crippen LogP) is 1.33. The minimum absolute atomic E-state index is 0.00130. The zero-order valence-corrected chi connectivity index (χ0v) is 23.2. The number of piperidine rings is 1. The number of nitrogens with two attached hydrogens (primary N) is 2. The smallest absolute Gasteiger partial charge is 0.321 e. The lowest BCUT2D eigenvalue weighted by atomic mass is 9.88. The fourth-order valence-electron chi connectivity index (χ4n) is 4.46. The van der Waals surface area contributed by atoms with Crippen molar-refractivity contribution in [3.8, 4) is 0 Å². The summed E-state index contributed by atoms with van der Waals surface area (Å²) in [6, 6.07) is -0.225. The first-order chi connectivity index (χ1) is 19.0. The van der Waals surface area contributed by atoms with Crippen molar-refractivity contribution in [2.75, 3.05) is 37.6 Å². The van der Waals surface area contributed by atoms with Gasteiger partial charge >= 0.3 is 6.03 Å². The number of carbonyl (C=O) groups is 3. The number of nitrogen functional groups attached to an aromatic ring is 2. The average Bonchev–Trinajstić information content (AvgIpc) is 3.31. The molecule has 3 aliphatic rings. The third kappa shape index (κ3) is 6.42. The lowest BCUT2D eigenvalue weighted by molar-refractivity contribution is -0.128. The van der Waals surface area contributed by atoms with Gasteiger partial charge in [-0.3, -0.25) is 24.8 Å². The molecular weight excluding hydrogens is 536 g/mol. The van der Waals surface area contributed by atoms with E-state index in [1.54, 1.807) is 29.3 Å². The van der Waals surface area contributed by atoms with Gasteiger partial charge in [-0.1, -0.05) is 30.3 Å². The molecule has 14 heteroatoms. The van der Waals surface area contributed by atoms with Gasteiger partial charge in [0, 0.05) is 37.4 Å². The molecule has 0 bridgehead atoms. The number of nitrogens with zero attached hydrogens (tertiary/aromatic N) is 5. The molecule has 0 radical (unpaired) electrons. The maximum absolute atomic E-state index is 13.4. The highest BCUT2D eigenvalue weighted by atomic mass is 35.5. The topological polar surface area (TPSA) is 184 Å². The minimum atomic E-state index is -0.616. The number of likely N-dealkylation sites (tertiary alicyclic amines) is 1. The first-order valence-electron chi connectivity index (χ1n) is 12.8. The Morgan fingerprint density at radius 2 is 1.90 bits per heavy atom. The Labute approximate surface area is 237 Å². The van der Waals surface area contributed by atoms with Gasteiger partial charge in [0.1, 0.15) is 0 Å². The monoisotopic (exact) mass is 568 g/mol. The van der Waals surface area contributed by atoms with Gasteiger partial charge in [-0.15, -0.1) is 0 Å². The first kappa shape index (κ1) is 28.6. The molecule has 4 amide bonds. The number of aliphatic imine (C=N–C) groups is 1. The second-order valence-electron chi connectivity index (χ2n) is 10.1. The van der Waals surface area contributed by atoms with E-state index < -0.39 is 11.4 Å². The molecule has 0 atom stereocenters. The summed E-state index contributed by atoms with van der Waals surface area (Å²) in [5.74, 6) is -0.681. The highest BCUT2D eigenvalue weighted by Crippen LogP contribution is 2.28. The number of hydrogen-bond acceptors (Lipinski definition) is 9. The SMILES string of the molecule is C=C1/C=C\N(C(=O)NC(C)C)C/C=C\C=C1C(=O)N1CCC2(CC1)CN=C(NC(=O)c1nc(Cl)c(N)nc1N)N2. The van der Waals surface area contributed by atoms with Gasteiger partial charge in [-0.05, 0) is 44.4 Å². The number of anilines is 2. The Morgan fingerprint density at radius 1 is 1.18 bits per heavy atom. The van der Waals surface area contributed by atoms with Crippen LogP contribution >= 0.6 is 11.6 Å². The molecule has 0 unspecified atom stereocenters. The summed E-state index contributed by atoms with van der Waals surface area (Å²) in [6.45, 7) is 9.60. The normalized spacial score (nSPS) is 20.1. The number of rotatable bonds is 3. The summed E-state index contributed by atoms with van der Waals surface area (Å²) < 4.78 is 0.